The van der Waals surface area contributed by atoms with Gasteiger partial charge in [0.2, 0.25) is 11.6 Å². The Morgan fingerprint density at radius 2 is 1.64 bits per heavy atom. The standard InChI is InChI=1S/C15H9F4IN2O2S/c1-24-13-11(18)9(16)8(10(17)12(13)19)14(23)22-15(25)21-7-5-3-2-4-6(7)20/h2-5H,1H3,(H2,21,22,23,25). The van der Waals surface area contributed by atoms with Crippen molar-refractivity contribution in [2.45, 2.75) is 0 Å². The van der Waals surface area contributed by atoms with Gasteiger partial charge < -0.3 is 10.1 Å². The zero-order chi connectivity index (χ0) is 18.7. The van der Waals surface area contributed by atoms with Crippen LogP contribution < -0.4 is 15.4 Å². The zero-order valence-corrected chi connectivity index (χ0v) is 15.4. The number of amides is 1. The molecular formula is C15H9F4IN2O2S. The number of anilines is 1. The predicted octanol–water partition coefficient (Wildman–Crippen LogP) is 3.98. The molecule has 0 aromatic heterocycles. The summed E-state index contributed by atoms with van der Waals surface area (Å²) in [4.78, 5) is 12.0. The van der Waals surface area contributed by atoms with Gasteiger partial charge in [0, 0.05) is 3.57 Å². The Morgan fingerprint density at radius 1 is 1.08 bits per heavy atom. The van der Waals surface area contributed by atoms with Crippen LogP contribution in [-0.2, 0) is 0 Å². The fourth-order valence-corrected chi connectivity index (χ4v) is 2.60. The fourth-order valence-electron chi connectivity index (χ4n) is 1.87. The third kappa shape index (κ3) is 4.00. The summed E-state index contributed by atoms with van der Waals surface area (Å²) in [6.45, 7) is 0. The highest BCUT2D eigenvalue weighted by molar-refractivity contribution is 14.1. The molecule has 1 amide bonds. The van der Waals surface area contributed by atoms with Crippen LogP contribution in [0.1, 0.15) is 10.4 Å². The molecule has 0 aliphatic rings. The lowest BCUT2D eigenvalue weighted by Gasteiger charge is -2.13. The molecule has 2 aromatic carbocycles. The number of halogens is 5. The molecule has 0 saturated carbocycles. The van der Waals surface area contributed by atoms with Crippen molar-refractivity contribution in [1.82, 2.24) is 5.32 Å². The van der Waals surface area contributed by atoms with E-state index in [0.717, 1.165) is 10.7 Å². The summed E-state index contributed by atoms with van der Waals surface area (Å²) in [5.41, 5.74) is -0.913. The molecule has 0 aliphatic carbocycles. The second kappa shape index (κ2) is 7.95. The molecule has 2 aromatic rings. The molecule has 4 nitrogen and oxygen atoms in total. The van der Waals surface area contributed by atoms with Gasteiger partial charge >= 0.3 is 0 Å². The minimum absolute atomic E-state index is 0.301. The first-order chi connectivity index (χ1) is 11.8. The third-order valence-corrected chi connectivity index (χ3v) is 4.15. The number of hydrogen-bond donors (Lipinski definition) is 2. The van der Waals surface area contributed by atoms with Crippen molar-refractivity contribution in [3.63, 3.8) is 0 Å². The lowest BCUT2D eigenvalue weighted by Crippen LogP contribution is -2.35. The van der Waals surface area contributed by atoms with E-state index in [-0.39, 0.29) is 5.11 Å². The molecule has 0 radical (unpaired) electrons. The summed E-state index contributed by atoms with van der Waals surface area (Å²) < 4.78 is 60.1. The third-order valence-electron chi connectivity index (χ3n) is 3.00. The SMILES string of the molecule is COc1c(F)c(F)c(C(=O)NC(=S)Nc2ccccc2I)c(F)c1F. The van der Waals surface area contributed by atoms with Crippen LogP contribution in [0.25, 0.3) is 0 Å². The Hall–Kier alpha value is -1.95. The Bertz CT molecular complexity index is 835. The van der Waals surface area contributed by atoms with Crippen LogP contribution >= 0.6 is 34.8 Å². The Balaban J connectivity index is 2.27. The largest absolute Gasteiger partial charge is 0.491 e. The van der Waals surface area contributed by atoms with E-state index >= 15 is 0 Å². The molecule has 10 heteroatoms. The van der Waals surface area contributed by atoms with Crippen LogP contribution in [-0.4, -0.2) is 18.1 Å². The van der Waals surface area contributed by atoms with Gasteiger partial charge in [-0.1, -0.05) is 12.1 Å². The summed E-state index contributed by atoms with van der Waals surface area (Å²) in [5, 5.41) is 4.30. The summed E-state index contributed by atoms with van der Waals surface area (Å²) >= 11 is 6.87. The van der Waals surface area contributed by atoms with Gasteiger partial charge in [-0.05, 0) is 46.9 Å². The first-order valence-corrected chi connectivity index (χ1v) is 8.03. The molecule has 0 saturated heterocycles. The monoisotopic (exact) mass is 484 g/mol. The number of para-hydroxylation sites is 1. The van der Waals surface area contributed by atoms with E-state index in [2.05, 4.69) is 10.1 Å². The first-order valence-electron chi connectivity index (χ1n) is 6.54. The van der Waals surface area contributed by atoms with Gasteiger partial charge in [-0.2, -0.15) is 8.78 Å². The minimum Gasteiger partial charge on any atom is -0.491 e. The highest BCUT2D eigenvalue weighted by atomic mass is 127. The number of rotatable bonds is 3. The molecule has 0 bridgehead atoms. The second-order valence-electron chi connectivity index (χ2n) is 4.55. The summed E-state index contributed by atoms with van der Waals surface area (Å²) in [7, 11) is 0.834. The van der Waals surface area contributed by atoms with E-state index in [1.54, 1.807) is 24.3 Å². The average Bonchev–Trinajstić information content (AvgIpc) is 2.56. The summed E-state index contributed by atoms with van der Waals surface area (Å²) in [5.74, 6) is -10.1. The van der Waals surface area contributed by atoms with Crippen LogP contribution in [0.5, 0.6) is 5.75 Å². The van der Waals surface area contributed by atoms with Crippen molar-refractivity contribution >= 4 is 51.5 Å². The van der Waals surface area contributed by atoms with Gasteiger partial charge in [-0.15, -0.1) is 0 Å². The summed E-state index contributed by atoms with van der Waals surface area (Å²) in [6, 6.07) is 6.86. The molecule has 0 aliphatic heterocycles. The van der Waals surface area contributed by atoms with Crippen LogP contribution in [0.4, 0.5) is 23.2 Å². The van der Waals surface area contributed by atoms with Crippen LogP contribution in [0.15, 0.2) is 24.3 Å². The minimum atomic E-state index is -1.88. The molecule has 0 spiro atoms. The van der Waals surface area contributed by atoms with Crippen LogP contribution in [0.2, 0.25) is 0 Å². The van der Waals surface area contributed by atoms with Crippen LogP contribution in [0.3, 0.4) is 0 Å². The highest BCUT2D eigenvalue weighted by Gasteiger charge is 2.30. The Labute approximate surface area is 158 Å². The van der Waals surface area contributed by atoms with E-state index < -0.39 is 40.5 Å². The predicted molar refractivity (Wildman–Crippen MR) is 95.7 cm³/mol. The Kier molecular flexibility index (Phi) is 6.16. The van der Waals surface area contributed by atoms with Gasteiger partial charge in [0.25, 0.3) is 5.91 Å². The number of carbonyl (C=O) groups excluding carboxylic acids is 1. The van der Waals surface area contributed by atoms with Gasteiger partial charge in [0.05, 0.1) is 12.8 Å². The van der Waals surface area contributed by atoms with Crippen molar-refractivity contribution in [3.05, 3.63) is 56.7 Å². The number of hydrogen-bond acceptors (Lipinski definition) is 3. The smallest absolute Gasteiger partial charge is 0.263 e. The average molecular weight is 484 g/mol. The molecule has 2 N–H and O–H groups in total. The van der Waals surface area contributed by atoms with Crippen molar-refractivity contribution in [2.24, 2.45) is 0 Å². The lowest BCUT2D eigenvalue weighted by atomic mass is 10.1. The van der Waals surface area contributed by atoms with E-state index in [1.165, 1.54) is 0 Å². The zero-order valence-electron chi connectivity index (χ0n) is 12.4. The number of thiocarbonyl (C=S) groups is 1. The van der Waals surface area contributed by atoms with Crippen molar-refractivity contribution < 1.29 is 27.1 Å². The molecule has 132 valence electrons. The molecule has 0 atom stereocenters. The van der Waals surface area contributed by atoms with Gasteiger partial charge in [-0.25, -0.2) is 8.78 Å². The lowest BCUT2D eigenvalue weighted by molar-refractivity contribution is 0.0966. The molecular weight excluding hydrogens is 475 g/mol. The number of methoxy groups -OCH3 is 1. The maximum Gasteiger partial charge on any atom is 0.263 e. The highest BCUT2D eigenvalue weighted by Crippen LogP contribution is 2.29. The first kappa shape index (κ1) is 19.4. The molecule has 0 heterocycles. The van der Waals surface area contributed by atoms with Crippen molar-refractivity contribution in [3.8, 4) is 5.75 Å². The molecule has 0 fully saturated rings. The van der Waals surface area contributed by atoms with Gasteiger partial charge in [0.1, 0.15) is 5.56 Å². The molecule has 0 unspecified atom stereocenters. The van der Waals surface area contributed by atoms with E-state index in [4.69, 9.17) is 12.2 Å². The maximum atomic E-state index is 13.9. The second-order valence-corrected chi connectivity index (χ2v) is 6.12. The number of carbonyl (C=O) groups is 1. The maximum absolute atomic E-state index is 13.9. The fraction of sp³-hybridized carbons (Fsp3) is 0.0667. The Morgan fingerprint density at radius 3 is 2.16 bits per heavy atom. The topological polar surface area (TPSA) is 50.4 Å². The van der Waals surface area contributed by atoms with Gasteiger partial charge in [0.15, 0.2) is 22.5 Å². The van der Waals surface area contributed by atoms with Crippen molar-refractivity contribution in [1.29, 1.82) is 0 Å². The van der Waals surface area contributed by atoms with Crippen LogP contribution in [0, 0.1) is 26.8 Å². The van der Waals surface area contributed by atoms with E-state index in [9.17, 15) is 22.4 Å². The number of benzene rings is 2. The number of nitrogens with one attached hydrogen (secondary N) is 2. The molecule has 2 rings (SSSR count). The quantitative estimate of drug-likeness (QED) is 0.300. The van der Waals surface area contributed by atoms with Crippen molar-refractivity contribution in [2.75, 3.05) is 12.4 Å². The van der Waals surface area contributed by atoms with E-state index in [0.29, 0.717) is 5.69 Å². The number of ether oxygens (including phenoxy) is 1. The molecule has 25 heavy (non-hydrogen) atoms. The van der Waals surface area contributed by atoms with E-state index in [1.807, 2.05) is 27.9 Å². The summed E-state index contributed by atoms with van der Waals surface area (Å²) in [6.07, 6.45) is 0. The van der Waals surface area contributed by atoms with Gasteiger partial charge in [-0.3, -0.25) is 10.1 Å². The normalized spacial score (nSPS) is 10.3.